The molecular formula is C26H28N4O2. The van der Waals surface area contributed by atoms with E-state index in [1.165, 1.54) is 12.8 Å². The molecule has 0 radical (unpaired) electrons. The number of amides is 1. The highest BCUT2D eigenvalue weighted by atomic mass is 16.2. The van der Waals surface area contributed by atoms with Crippen LogP contribution < -0.4 is 5.56 Å². The number of carbonyl (C=O) groups excluding carboxylic acids is 1. The average Bonchev–Trinajstić information content (AvgIpc) is 3.33. The third-order valence-corrected chi connectivity index (χ3v) is 7.48. The lowest BCUT2D eigenvalue weighted by molar-refractivity contribution is 0.0596. The first kappa shape index (κ1) is 19.7. The standard InChI is InChI=1S/C26H28N4O2/c31-25-20(16-28-10-1-2-11-28)6-7-24-21-12-18(15-30(24)25)14-29(17-21)26(32)22-5-3-4-19-8-9-27-13-23(19)22/h3-9,13,18,21H,1-2,10-12,14-17H2/t18-,21+/m0/s1. The second kappa shape index (κ2) is 7.85. The summed E-state index contributed by atoms with van der Waals surface area (Å²) in [5, 5.41) is 1.93. The Morgan fingerprint density at radius 1 is 1.03 bits per heavy atom. The zero-order valence-corrected chi connectivity index (χ0v) is 18.2. The van der Waals surface area contributed by atoms with Gasteiger partial charge in [0.2, 0.25) is 0 Å². The molecule has 2 aromatic heterocycles. The van der Waals surface area contributed by atoms with Crippen LogP contribution in [-0.2, 0) is 13.1 Å². The van der Waals surface area contributed by atoms with Crippen molar-refractivity contribution >= 4 is 16.7 Å². The minimum Gasteiger partial charge on any atom is -0.338 e. The summed E-state index contributed by atoms with van der Waals surface area (Å²) in [7, 11) is 0. The molecule has 6 nitrogen and oxygen atoms in total. The van der Waals surface area contributed by atoms with E-state index in [0.717, 1.165) is 48.1 Å². The van der Waals surface area contributed by atoms with Gasteiger partial charge in [0.25, 0.3) is 11.5 Å². The van der Waals surface area contributed by atoms with Gasteiger partial charge in [-0.25, -0.2) is 0 Å². The van der Waals surface area contributed by atoms with Crippen molar-refractivity contribution in [2.75, 3.05) is 26.2 Å². The Bertz CT molecular complexity index is 1240. The molecule has 3 aliphatic heterocycles. The number of hydrogen-bond donors (Lipinski definition) is 0. The van der Waals surface area contributed by atoms with Crippen LogP contribution in [0.25, 0.3) is 10.8 Å². The number of carbonyl (C=O) groups is 1. The Morgan fingerprint density at radius 3 is 2.78 bits per heavy atom. The van der Waals surface area contributed by atoms with Crippen molar-refractivity contribution in [3.63, 3.8) is 0 Å². The maximum absolute atomic E-state index is 13.5. The van der Waals surface area contributed by atoms with Gasteiger partial charge in [-0.2, -0.15) is 0 Å². The first-order valence-corrected chi connectivity index (χ1v) is 11.7. The molecule has 164 valence electrons. The van der Waals surface area contributed by atoms with Crippen molar-refractivity contribution in [1.29, 1.82) is 0 Å². The van der Waals surface area contributed by atoms with Crippen molar-refractivity contribution in [2.45, 2.75) is 38.3 Å². The van der Waals surface area contributed by atoms with E-state index in [1.54, 1.807) is 12.4 Å². The van der Waals surface area contributed by atoms with Crippen molar-refractivity contribution in [2.24, 2.45) is 5.92 Å². The molecule has 5 heterocycles. The average molecular weight is 429 g/mol. The summed E-state index contributed by atoms with van der Waals surface area (Å²) in [6, 6.07) is 12.0. The first-order valence-electron chi connectivity index (χ1n) is 11.7. The SMILES string of the molecule is O=C(c1cccc2ccncc12)N1C[C@@H]2C[C@H](C1)c1ccc(CN3CCCC3)c(=O)n1C2. The van der Waals surface area contributed by atoms with E-state index in [4.69, 9.17) is 0 Å². The number of nitrogens with zero attached hydrogens (tertiary/aromatic N) is 4. The molecule has 0 aliphatic carbocycles. The molecule has 0 unspecified atom stereocenters. The van der Waals surface area contributed by atoms with Gasteiger partial charge in [0.1, 0.15) is 0 Å². The lowest BCUT2D eigenvalue weighted by Gasteiger charge is -2.43. The minimum atomic E-state index is 0.0692. The summed E-state index contributed by atoms with van der Waals surface area (Å²) in [6.45, 7) is 5.01. The summed E-state index contributed by atoms with van der Waals surface area (Å²) < 4.78 is 2.01. The van der Waals surface area contributed by atoms with Crippen molar-refractivity contribution in [3.8, 4) is 0 Å². The molecule has 2 fully saturated rings. The molecule has 0 N–H and O–H groups in total. The van der Waals surface area contributed by atoms with Gasteiger partial charge in [-0.15, -0.1) is 0 Å². The Kier molecular flexibility index (Phi) is 4.83. The van der Waals surface area contributed by atoms with Gasteiger partial charge in [-0.1, -0.05) is 18.2 Å². The van der Waals surface area contributed by atoms with Crippen molar-refractivity contribution in [3.05, 3.63) is 76.0 Å². The van der Waals surface area contributed by atoms with Gasteiger partial charge in [-0.05, 0) is 61.9 Å². The number of piperidine rings is 1. The molecule has 3 aromatic rings. The Balaban J connectivity index is 1.28. The second-order valence-corrected chi connectivity index (χ2v) is 9.59. The van der Waals surface area contributed by atoms with Crippen LogP contribution in [0.15, 0.2) is 53.6 Å². The number of pyridine rings is 2. The maximum atomic E-state index is 13.5. The predicted molar refractivity (Wildman–Crippen MR) is 124 cm³/mol. The van der Waals surface area contributed by atoms with Crippen LogP contribution in [0.3, 0.4) is 0 Å². The Morgan fingerprint density at radius 2 is 1.91 bits per heavy atom. The Labute approximate surface area is 187 Å². The van der Waals surface area contributed by atoms with Gasteiger partial charge in [0, 0.05) is 66.7 Å². The highest BCUT2D eigenvalue weighted by Crippen LogP contribution is 2.36. The zero-order chi connectivity index (χ0) is 21.7. The molecule has 2 bridgehead atoms. The molecule has 1 amide bonds. The van der Waals surface area contributed by atoms with Crippen molar-refractivity contribution < 1.29 is 4.79 Å². The predicted octanol–water partition coefficient (Wildman–Crippen LogP) is 3.25. The smallest absolute Gasteiger partial charge is 0.255 e. The number of hydrogen-bond acceptors (Lipinski definition) is 4. The van der Waals surface area contributed by atoms with E-state index < -0.39 is 0 Å². The summed E-state index contributed by atoms with van der Waals surface area (Å²) in [6.07, 6.45) is 7.05. The normalized spacial score (nSPS) is 22.8. The van der Waals surface area contributed by atoms with E-state index in [9.17, 15) is 9.59 Å². The molecule has 2 saturated heterocycles. The molecule has 1 aromatic carbocycles. The van der Waals surface area contributed by atoms with Crippen LogP contribution in [0.2, 0.25) is 0 Å². The van der Waals surface area contributed by atoms with Crippen LogP contribution in [0.4, 0.5) is 0 Å². The van der Waals surface area contributed by atoms with Gasteiger partial charge < -0.3 is 9.47 Å². The number of benzene rings is 1. The van der Waals surface area contributed by atoms with Gasteiger partial charge in [0.15, 0.2) is 0 Å². The first-order chi connectivity index (χ1) is 15.7. The highest BCUT2D eigenvalue weighted by Gasteiger charge is 2.37. The lowest BCUT2D eigenvalue weighted by Crippen LogP contribution is -2.49. The van der Waals surface area contributed by atoms with Crippen LogP contribution in [0.5, 0.6) is 0 Å². The molecule has 32 heavy (non-hydrogen) atoms. The fraction of sp³-hybridized carbons (Fsp3) is 0.423. The maximum Gasteiger partial charge on any atom is 0.255 e. The molecule has 6 rings (SSSR count). The molecule has 6 heteroatoms. The zero-order valence-electron chi connectivity index (χ0n) is 18.2. The monoisotopic (exact) mass is 428 g/mol. The van der Waals surface area contributed by atoms with Gasteiger partial charge >= 0.3 is 0 Å². The third-order valence-electron chi connectivity index (χ3n) is 7.48. The second-order valence-electron chi connectivity index (χ2n) is 9.59. The van der Waals surface area contributed by atoms with Crippen molar-refractivity contribution in [1.82, 2.24) is 19.4 Å². The summed E-state index contributed by atoms with van der Waals surface area (Å²) in [4.78, 5) is 35.4. The fourth-order valence-corrected chi connectivity index (χ4v) is 5.93. The van der Waals surface area contributed by atoms with E-state index >= 15 is 0 Å². The lowest BCUT2D eigenvalue weighted by atomic mass is 9.82. The molecule has 0 spiro atoms. The van der Waals surface area contributed by atoms with Crippen LogP contribution in [-0.4, -0.2) is 51.4 Å². The number of fused-ring (bicyclic) bond motifs is 5. The fourth-order valence-electron chi connectivity index (χ4n) is 5.93. The van der Waals surface area contributed by atoms with E-state index in [-0.39, 0.29) is 17.4 Å². The van der Waals surface area contributed by atoms with Gasteiger partial charge in [0.05, 0.1) is 0 Å². The number of rotatable bonds is 3. The topological polar surface area (TPSA) is 58.4 Å². The third kappa shape index (κ3) is 3.34. The van der Waals surface area contributed by atoms with E-state index in [1.807, 2.05) is 39.8 Å². The molecule has 0 saturated carbocycles. The Hall–Kier alpha value is -2.99. The summed E-state index contributed by atoms with van der Waals surface area (Å²) >= 11 is 0. The summed E-state index contributed by atoms with van der Waals surface area (Å²) in [5.41, 5.74) is 2.89. The number of aromatic nitrogens is 2. The molecular weight excluding hydrogens is 400 g/mol. The quantitative estimate of drug-likeness (QED) is 0.643. The largest absolute Gasteiger partial charge is 0.338 e. The van der Waals surface area contributed by atoms with Crippen LogP contribution >= 0.6 is 0 Å². The number of likely N-dealkylation sites (tertiary alicyclic amines) is 2. The van der Waals surface area contributed by atoms with Crippen LogP contribution in [0.1, 0.15) is 46.8 Å². The van der Waals surface area contributed by atoms with E-state index in [0.29, 0.717) is 31.1 Å². The van der Waals surface area contributed by atoms with Crippen LogP contribution in [0, 0.1) is 5.92 Å². The summed E-state index contributed by atoms with van der Waals surface area (Å²) in [5.74, 6) is 0.603. The molecule has 2 atom stereocenters. The highest BCUT2D eigenvalue weighted by molar-refractivity contribution is 6.06. The van der Waals surface area contributed by atoms with Gasteiger partial charge in [-0.3, -0.25) is 19.5 Å². The molecule has 3 aliphatic rings. The minimum absolute atomic E-state index is 0.0692. The van der Waals surface area contributed by atoms with E-state index in [2.05, 4.69) is 16.0 Å².